The molecule has 8 heteroatoms. The minimum Gasteiger partial charge on any atom is -0.494 e. The monoisotopic (exact) mass is 480 g/mol. The van der Waals surface area contributed by atoms with Crippen LogP contribution in [-0.2, 0) is 4.74 Å². The summed E-state index contributed by atoms with van der Waals surface area (Å²) in [5.74, 6) is 1.45. The number of hydrogen-bond donors (Lipinski definition) is 0. The number of likely N-dealkylation sites (tertiary alicyclic amines) is 1. The molecule has 2 aromatic rings. The average Bonchev–Trinajstić information content (AvgIpc) is 3.23. The highest BCUT2D eigenvalue weighted by Gasteiger charge is 2.47. The molecular weight excluding hydrogens is 444 g/mol. The summed E-state index contributed by atoms with van der Waals surface area (Å²) in [6.45, 7) is 6.61. The van der Waals surface area contributed by atoms with Crippen molar-refractivity contribution in [3.05, 3.63) is 42.6 Å². The summed E-state index contributed by atoms with van der Waals surface area (Å²) < 4.78 is 17.0. The SMILES string of the molecule is COc1ccc(N2CC3(CCN(c4ccc(OCCCN5CCCCC5)cc4)CC3)OC2=O)cn1. The molecule has 4 heterocycles. The molecule has 3 saturated heterocycles. The third-order valence-corrected chi connectivity index (χ3v) is 7.42. The van der Waals surface area contributed by atoms with Crippen LogP contribution < -0.4 is 19.3 Å². The van der Waals surface area contributed by atoms with Gasteiger partial charge in [0.15, 0.2) is 0 Å². The lowest BCUT2D eigenvalue weighted by Gasteiger charge is -2.38. The molecule has 0 radical (unpaired) electrons. The van der Waals surface area contributed by atoms with Crippen LogP contribution in [0.2, 0.25) is 0 Å². The third-order valence-electron chi connectivity index (χ3n) is 7.42. The summed E-state index contributed by atoms with van der Waals surface area (Å²) in [7, 11) is 1.58. The lowest BCUT2D eigenvalue weighted by atomic mass is 9.91. The van der Waals surface area contributed by atoms with Crippen molar-refractivity contribution in [2.24, 2.45) is 0 Å². The van der Waals surface area contributed by atoms with E-state index in [4.69, 9.17) is 14.2 Å². The fraction of sp³-hybridized carbons (Fsp3) is 0.556. The van der Waals surface area contributed by atoms with Gasteiger partial charge in [0.25, 0.3) is 0 Å². The standard InChI is InChI=1S/C27H36N4O4/c1-33-25-11-8-23(20-28-25)31-21-27(35-26(31)32)12-17-30(18-13-27)22-6-9-24(10-7-22)34-19-5-16-29-14-3-2-4-15-29/h6-11,20H,2-5,12-19,21H2,1H3. The molecule has 0 aliphatic carbocycles. The van der Waals surface area contributed by atoms with E-state index in [1.807, 2.05) is 6.07 Å². The normalized spacial score (nSPS) is 20.2. The Bertz CT molecular complexity index is 968. The van der Waals surface area contributed by atoms with Crippen LogP contribution >= 0.6 is 0 Å². The molecule has 1 aromatic carbocycles. The van der Waals surface area contributed by atoms with Crippen molar-refractivity contribution in [2.75, 3.05) is 62.8 Å². The zero-order valence-corrected chi connectivity index (χ0v) is 20.7. The average molecular weight is 481 g/mol. The maximum Gasteiger partial charge on any atom is 0.415 e. The van der Waals surface area contributed by atoms with Crippen molar-refractivity contribution in [1.82, 2.24) is 9.88 Å². The van der Waals surface area contributed by atoms with Gasteiger partial charge in [-0.25, -0.2) is 9.78 Å². The second-order valence-electron chi connectivity index (χ2n) is 9.78. The minimum atomic E-state index is -0.440. The van der Waals surface area contributed by atoms with Crippen molar-refractivity contribution in [2.45, 2.75) is 44.1 Å². The molecule has 0 bridgehead atoms. The second kappa shape index (κ2) is 10.7. The molecule has 0 N–H and O–H groups in total. The Labute approximate surface area is 207 Å². The first kappa shape index (κ1) is 23.7. The summed E-state index contributed by atoms with van der Waals surface area (Å²) in [6.07, 6.45) is 8.07. The van der Waals surface area contributed by atoms with E-state index in [-0.39, 0.29) is 6.09 Å². The summed E-state index contributed by atoms with van der Waals surface area (Å²) >= 11 is 0. The molecule has 0 unspecified atom stereocenters. The predicted molar refractivity (Wildman–Crippen MR) is 136 cm³/mol. The van der Waals surface area contributed by atoms with Crippen LogP contribution in [0.3, 0.4) is 0 Å². The number of aromatic nitrogens is 1. The molecule has 1 aromatic heterocycles. The highest BCUT2D eigenvalue weighted by Crippen LogP contribution is 2.37. The van der Waals surface area contributed by atoms with E-state index < -0.39 is 5.60 Å². The van der Waals surface area contributed by atoms with Crippen LogP contribution in [0, 0.1) is 0 Å². The summed E-state index contributed by atoms with van der Waals surface area (Å²) in [5.41, 5.74) is 1.48. The maximum absolute atomic E-state index is 12.6. The summed E-state index contributed by atoms with van der Waals surface area (Å²) in [6, 6.07) is 12.0. The highest BCUT2D eigenvalue weighted by molar-refractivity contribution is 5.90. The van der Waals surface area contributed by atoms with Gasteiger partial charge in [0.05, 0.1) is 32.1 Å². The zero-order chi connectivity index (χ0) is 24.1. The number of carbonyl (C=O) groups is 1. The Morgan fingerprint density at radius 3 is 2.40 bits per heavy atom. The Balaban J connectivity index is 1.09. The number of ether oxygens (including phenoxy) is 3. The predicted octanol–water partition coefficient (Wildman–Crippen LogP) is 4.34. The van der Waals surface area contributed by atoms with Crippen molar-refractivity contribution >= 4 is 17.5 Å². The number of amides is 1. The number of pyridine rings is 1. The number of methoxy groups -OCH3 is 1. The van der Waals surface area contributed by atoms with E-state index in [9.17, 15) is 4.79 Å². The number of rotatable bonds is 8. The van der Waals surface area contributed by atoms with Crippen LogP contribution in [0.25, 0.3) is 0 Å². The fourth-order valence-corrected chi connectivity index (χ4v) is 5.32. The molecule has 1 amide bonds. The fourth-order valence-electron chi connectivity index (χ4n) is 5.32. The number of hydrogen-bond acceptors (Lipinski definition) is 7. The number of nitrogens with zero attached hydrogens (tertiary/aromatic N) is 4. The lowest BCUT2D eigenvalue weighted by molar-refractivity contribution is 0.0367. The van der Waals surface area contributed by atoms with Gasteiger partial charge in [-0.15, -0.1) is 0 Å². The molecule has 3 aliphatic heterocycles. The quantitative estimate of drug-likeness (QED) is 0.521. The number of benzene rings is 1. The number of carbonyl (C=O) groups excluding carboxylic acids is 1. The van der Waals surface area contributed by atoms with E-state index in [1.54, 1.807) is 24.3 Å². The topological polar surface area (TPSA) is 67.4 Å². The van der Waals surface area contributed by atoms with Crippen molar-refractivity contribution in [3.63, 3.8) is 0 Å². The molecule has 188 valence electrons. The van der Waals surface area contributed by atoms with Gasteiger partial charge in [-0.1, -0.05) is 6.42 Å². The van der Waals surface area contributed by atoms with Gasteiger partial charge in [-0.3, -0.25) is 4.90 Å². The van der Waals surface area contributed by atoms with Crippen molar-refractivity contribution in [1.29, 1.82) is 0 Å². The van der Waals surface area contributed by atoms with Crippen LogP contribution in [0.1, 0.15) is 38.5 Å². The van der Waals surface area contributed by atoms with Crippen LogP contribution in [0.5, 0.6) is 11.6 Å². The highest BCUT2D eigenvalue weighted by atomic mass is 16.6. The molecule has 1 spiro atoms. The molecule has 5 rings (SSSR count). The van der Waals surface area contributed by atoms with E-state index >= 15 is 0 Å². The van der Waals surface area contributed by atoms with Gasteiger partial charge in [0, 0.05) is 44.2 Å². The molecule has 3 fully saturated rings. The smallest absolute Gasteiger partial charge is 0.415 e. The van der Waals surface area contributed by atoms with E-state index in [0.29, 0.717) is 12.4 Å². The molecule has 35 heavy (non-hydrogen) atoms. The lowest BCUT2D eigenvalue weighted by Crippen LogP contribution is -2.47. The van der Waals surface area contributed by atoms with E-state index in [1.165, 1.54) is 38.0 Å². The molecule has 0 atom stereocenters. The third kappa shape index (κ3) is 5.64. The Kier molecular flexibility index (Phi) is 7.27. The first-order valence-corrected chi connectivity index (χ1v) is 12.8. The van der Waals surface area contributed by atoms with Crippen LogP contribution in [-0.4, -0.2) is 74.6 Å². The minimum absolute atomic E-state index is 0.299. The van der Waals surface area contributed by atoms with Crippen LogP contribution in [0.4, 0.5) is 16.2 Å². The zero-order valence-electron chi connectivity index (χ0n) is 20.7. The molecule has 0 saturated carbocycles. The Morgan fingerprint density at radius 1 is 0.971 bits per heavy atom. The van der Waals surface area contributed by atoms with Gasteiger partial charge in [-0.2, -0.15) is 0 Å². The Morgan fingerprint density at radius 2 is 1.71 bits per heavy atom. The number of piperidine rings is 2. The van der Waals surface area contributed by atoms with Crippen molar-refractivity contribution < 1.29 is 19.0 Å². The van der Waals surface area contributed by atoms with Gasteiger partial charge < -0.3 is 24.0 Å². The largest absolute Gasteiger partial charge is 0.494 e. The van der Waals surface area contributed by atoms with Gasteiger partial charge in [0.1, 0.15) is 11.4 Å². The second-order valence-corrected chi connectivity index (χ2v) is 9.78. The maximum atomic E-state index is 12.6. The first-order chi connectivity index (χ1) is 17.1. The van der Waals surface area contributed by atoms with Crippen molar-refractivity contribution in [3.8, 4) is 11.6 Å². The first-order valence-electron chi connectivity index (χ1n) is 12.8. The van der Waals surface area contributed by atoms with Gasteiger partial charge >= 0.3 is 6.09 Å². The Hall–Kier alpha value is -3.00. The molecule has 3 aliphatic rings. The number of anilines is 2. The summed E-state index contributed by atoms with van der Waals surface area (Å²) in [4.78, 5) is 23.4. The van der Waals surface area contributed by atoms with Crippen LogP contribution in [0.15, 0.2) is 42.6 Å². The molecular formula is C27H36N4O4. The van der Waals surface area contributed by atoms with Gasteiger partial charge in [0.2, 0.25) is 5.88 Å². The summed E-state index contributed by atoms with van der Waals surface area (Å²) in [5, 5.41) is 0. The van der Waals surface area contributed by atoms with E-state index in [2.05, 4.69) is 39.0 Å². The molecule has 8 nitrogen and oxygen atoms in total. The van der Waals surface area contributed by atoms with Gasteiger partial charge in [-0.05, 0) is 62.7 Å². The van der Waals surface area contributed by atoms with E-state index in [0.717, 1.165) is 56.9 Å².